The van der Waals surface area contributed by atoms with Crippen molar-refractivity contribution in [3.63, 3.8) is 0 Å². The van der Waals surface area contributed by atoms with E-state index < -0.39 is 23.2 Å². The number of nitrogens with zero attached hydrogens (tertiary/aromatic N) is 5. The lowest BCUT2D eigenvalue weighted by Crippen LogP contribution is -2.45. The molecule has 0 radical (unpaired) electrons. The van der Waals surface area contributed by atoms with E-state index in [-0.39, 0.29) is 31.0 Å². The van der Waals surface area contributed by atoms with E-state index in [9.17, 15) is 14.3 Å². The van der Waals surface area contributed by atoms with Gasteiger partial charge >= 0.3 is 5.97 Å². The first-order valence-corrected chi connectivity index (χ1v) is 16.0. The van der Waals surface area contributed by atoms with Crippen molar-refractivity contribution in [1.82, 2.24) is 14.9 Å². The molecular weight excluding hydrogens is 622 g/mol. The van der Waals surface area contributed by atoms with Crippen molar-refractivity contribution in [3.8, 4) is 23.1 Å². The van der Waals surface area contributed by atoms with Crippen LogP contribution in [-0.4, -0.2) is 52.1 Å². The van der Waals surface area contributed by atoms with Gasteiger partial charge in [-0.25, -0.2) is 13.8 Å². The number of hydrogen-bond acceptors (Lipinski definition) is 10. The summed E-state index contributed by atoms with van der Waals surface area (Å²) in [4.78, 5) is 18.7. The fourth-order valence-electron chi connectivity index (χ4n) is 5.73. The summed E-state index contributed by atoms with van der Waals surface area (Å²) < 4.78 is 34.7. The molecule has 9 nitrogen and oxygen atoms in total. The molecule has 3 N–H and O–H groups in total. The number of carbonyl (C=O) groups is 1. The molecule has 3 aromatic carbocycles. The van der Waals surface area contributed by atoms with Crippen LogP contribution in [-0.2, 0) is 23.4 Å². The molecule has 0 bridgehead atoms. The fourth-order valence-corrected chi connectivity index (χ4v) is 6.66. The molecule has 1 aliphatic rings. The van der Waals surface area contributed by atoms with Crippen molar-refractivity contribution in [2.45, 2.75) is 45.8 Å². The first-order chi connectivity index (χ1) is 22.5. The summed E-state index contributed by atoms with van der Waals surface area (Å²) in [5, 5.41) is 30.1. The van der Waals surface area contributed by atoms with Gasteiger partial charge in [0.1, 0.15) is 36.0 Å². The number of nitrogens with two attached hydrogens (primary N) is 1. The van der Waals surface area contributed by atoms with Crippen LogP contribution in [0.4, 0.5) is 8.78 Å². The largest absolute Gasteiger partial charge is 0.426 e. The first kappa shape index (κ1) is 33.7. The summed E-state index contributed by atoms with van der Waals surface area (Å²) in [7, 11) is 0. The number of rotatable bonds is 12. The summed E-state index contributed by atoms with van der Waals surface area (Å²) in [6.45, 7) is 6.55. The van der Waals surface area contributed by atoms with Gasteiger partial charge in [0.15, 0.2) is 0 Å². The second-order valence-corrected chi connectivity index (χ2v) is 12.8. The fraction of sp³-hybridized carbons (Fsp3) is 0.314. The molecule has 0 amide bonds. The number of aromatic nitrogens is 1. The molecule has 0 unspecified atom stereocenters. The van der Waals surface area contributed by atoms with Gasteiger partial charge in [-0.1, -0.05) is 37.3 Å². The van der Waals surface area contributed by atoms with Crippen LogP contribution in [0, 0.1) is 42.7 Å². The molecule has 2 atom stereocenters. The van der Waals surface area contributed by atoms with Crippen LogP contribution < -0.4 is 10.5 Å². The number of carbonyl (C=O) groups excluding carboxylic acids is 1. The number of β-amino-alcohol motifs (C(OH)–C–C–N with tert-alkyl or cyclic N) is 1. The Hall–Kier alpha value is -4.70. The van der Waals surface area contributed by atoms with Crippen LogP contribution in [0.5, 0.6) is 5.75 Å². The Morgan fingerprint density at radius 2 is 1.89 bits per heavy atom. The van der Waals surface area contributed by atoms with Gasteiger partial charge in [0.05, 0.1) is 35.3 Å². The van der Waals surface area contributed by atoms with Crippen LogP contribution in [0.3, 0.4) is 0 Å². The Kier molecular flexibility index (Phi) is 10.3. The average molecular weight is 659 g/mol. The number of hydrogen-bond donors (Lipinski definition) is 2. The molecule has 0 spiro atoms. The standard InChI is InChI=1S/C35H36F2N6O3S/c1-22-12-26(13-23(2)34(22)46-33(44)10-11-38)17-42-20-40-43(21-42)19-35(45,29-9-8-28(36)15-30(29)37)24(3)14-32-41-31(18-47-32)27-6-4-25(16-39)5-7-27/h4-9,12-13,15,18,20,24,45H,10-11,14,17,19,21,38H2,1-3H3/t24-,35-/m1/s1. The van der Waals surface area contributed by atoms with Crippen LogP contribution in [0.25, 0.3) is 11.3 Å². The molecule has 1 aliphatic heterocycles. The zero-order valence-corrected chi connectivity index (χ0v) is 27.2. The molecule has 4 aromatic rings. The van der Waals surface area contributed by atoms with Gasteiger partial charge < -0.3 is 20.5 Å². The maximum Gasteiger partial charge on any atom is 0.312 e. The second kappa shape index (κ2) is 14.4. The molecule has 12 heteroatoms. The SMILES string of the molecule is Cc1cc(CN2C=NN(C[C@](O)(c3ccc(F)cc3F)[C@H](C)Cc3nc(-c4ccc(C#N)cc4)cs3)C2)cc(C)c1OC(=O)CCN. The molecule has 5 rings (SSSR count). The first-order valence-electron chi connectivity index (χ1n) is 15.2. The van der Waals surface area contributed by atoms with Crippen LogP contribution >= 0.6 is 11.3 Å². The zero-order valence-electron chi connectivity index (χ0n) is 26.4. The van der Waals surface area contributed by atoms with E-state index in [4.69, 9.17) is 20.7 Å². The Labute approximate surface area is 276 Å². The number of thiazole rings is 1. The predicted molar refractivity (Wildman–Crippen MR) is 176 cm³/mol. The third-order valence-electron chi connectivity index (χ3n) is 8.17. The van der Waals surface area contributed by atoms with Crippen molar-refractivity contribution < 1.29 is 23.4 Å². The Balaban J connectivity index is 1.31. The Bertz CT molecular complexity index is 1800. The monoisotopic (exact) mass is 658 g/mol. The number of benzene rings is 3. The molecule has 1 aromatic heterocycles. The third-order valence-corrected chi connectivity index (χ3v) is 9.04. The zero-order chi connectivity index (χ0) is 33.7. The maximum atomic E-state index is 15.3. The topological polar surface area (TPSA) is 128 Å². The molecule has 0 saturated carbocycles. The number of ether oxygens (including phenoxy) is 1. The van der Waals surface area contributed by atoms with Crippen LogP contribution in [0.15, 0.2) is 65.1 Å². The molecule has 0 saturated heterocycles. The number of esters is 1. The number of aliphatic hydroxyl groups is 1. The lowest BCUT2D eigenvalue weighted by Gasteiger charge is -2.37. The lowest BCUT2D eigenvalue weighted by atomic mass is 9.80. The van der Waals surface area contributed by atoms with E-state index in [1.54, 1.807) is 23.5 Å². The van der Waals surface area contributed by atoms with Gasteiger partial charge in [-0.3, -0.25) is 9.80 Å². The number of aryl methyl sites for hydroxylation is 2. The van der Waals surface area contributed by atoms with Crippen LogP contribution in [0.2, 0.25) is 0 Å². The molecule has 47 heavy (non-hydrogen) atoms. The van der Waals surface area contributed by atoms with E-state index in [0.29, 0.717) is 30.9 Å². The summed E-state index contributed by atoms with van der Waals surface area (Å²) in [6.07, 6.45) is 2.13. The molecular formula is C35H36F2N6O3S. The number of hydrazone groups is 1. The van der Waals surface area contributed by atoms with Gasteiger partial charge in [-0.15, -0.1) is 11.3 Å². The van der Waals surface area contributed by atoms with Gasteiger partial charge in [-0.2, -0.15) is 10.4 Å². The summed E-state index contributed by atoms with van der Waals surface area (Å²) in [6, 6.07) is 16.3. The predicted octanol–water partition coefficient (Wildman–Crippen LogP) is 5.62. The van der Waals surface area contributed by atoms with E-state index in [1.807, 2.05) is 55.3 Å². The van der Waals surface area contributed by atoms with Crippen molar-refractivity contribution >= 4 is 23.6 Å². The van der Waals surface area contributed by atoms with Gasteiger partial charge in [0.25, 0.3) is 0 Å². The van der Waals surface area contributed by atoms with Crippen molar-refractivity contribution in [2.24, 2.45) is 16.8 Å². The van der Waals surface area contributed by atoms with Gasteiger partial charge in [0, 0.05) is 42.1 Å². The summed E-state index contributed by atoms with van der Waals surface area (Å²) in [5.74, 6) is -1.96. The minimum Gasteiger partial charge on any atom is -0.426 e. The molecule has 244 valence electrons. The summed E-state index contributed by atoms with van der Waals surface area (Å²) in [5.41, 5.74) is 8.47. The van der Waals surface area contributed by atoms with Crippen molar-refractivity contribution in [2.75, 3.05) is 19.8 Å². The highest BCUT2D eigenvalue weighted by molar-refractivity contribution is 7.09. The number of nitriles is 1. The van der Waals surface area contributed by atoms with E-state index in [1.165, 1.54) is 17.4 Å². The highest BCUT2D eigenvalue weighted by atomic mass is 32.1. The van der Waals surface area contributed by atoms with Gasteiger partial charge in [-0.05, 0) is 54.7 Å². The summed E-state index contributed by atoms with van der Waals surface area (Å²) >= 11 is 1.43. The maximum absolute atomic E-state index is 15.3. The smallest absolute Gasteiger partial charge is 0.312 e. The Morgan fingerprint density at radius 1 is 1.17 bits per heavy atom. The quantitative estimate of drug-likeness (QED) is 0.148. The molecule has 0 fully saturated rings. The highest BCUT2D eigenvalue weighted by Crippen LogP contribution is 2.37. The second-order valence-electron chi connectivity index (χ2n) is 11.8. The molecule has 0 aliphatic carbocycles. The Morgan fingerprint density at radius 3 is 2.55 bits per heavy atom. The normalized spacial score (nSPS) is 14.6. The van der Waals surface area contributed by atoms with E-state index >= 15 is 4.39 Å². The molecule has 2 heterocycles. The third kappa shape index (κ3) is 7.82. The van der Waals surface area contributed by atoms with Crippen LogP contribution in [0.1, 0.15) is 46.2 Å². The van der Waals surface area contributed by atoms with E-state index in [2.05, 4.69) is 11.2 Å². The van der Waals surface area contributed by atoms with Gasteiger partial charge in [0.2, 0.25) is 0 Å². The highest BCUT2D eigenvalue weighted by Gasteiger charge is 2.41. The van der Waals surface area contributed by atoms with Crippen molar-refractivity contribution in [1.29, 1.82) is 5.26 Å². The lowest BCUT2D eigenvalue weighted by molar-refractivity contribution is -0.134. The number of halogens is 2. The minimum atomic E-state index is -1.74. The van der Waals surface area contributed by atoms with E-state index in [0.717, 1.165) is 45.1 Å². The minimum absolute atomic E-state index is 0.0186. The van der Waals surface area contributed by atoms with Crippen molar-refractivity contribution in [3.05, 3.63) is 104 Å². The average Bonchev–Trinajstić information content (AvgIpc) is 3.68.